The zero-order valence-electron chi connectivity index (χ0n) is 14.8. The molecule has 0 radical (unpaired) electrons. The molecule has 1 N–H and O–H groups in total. The van der Waals surface area contributed by atoms with Gasteiger partial charge in [-0.3, -0.25) is 4.79 Å². The van der Waals surface area contributed by atoms with E-state index in [0.717, 1.165) is 42.8 Å². The smallest absolute Gasteiger partial charge is 0.263 e. The Morgan fingerprint density at radius 2 is 2.04 bits per heavy atom. The van der Waals surface area contributed by atoms with Crippen LogP contribution in [0.25, 0.3) is 11.1 Å². The molecular formula is C18H25N5O2. The lowest BCUT2D eigenvalue weighted by Gasteiger charge is -2.22. The number of hydrogen-bond donors (Lipinski definition) is 1. The summed E-state index contributed by atoms with van der Waals surface area (Å²) in [6, 6.07) is 0. The molecule has 7 nitrogen and oxygen atoms in total. The van der Waals surface area contributed by atoms with E-state index in [2.05, 4.69) is 26.9 Å². The molecule has 2 aromatic rings. The van der Waals surface area contributed by atoms with Crippen molar-refractivity contribution in [2.45, 2.75) is 45.4 Å². The molecule has 0 unspecified atom stereocenters. The van der Waals surface area contributed by atoms with Crippen molar-refractivity contribution in [1.29, 1.82) is 0 Å². The highest BCUT2D eigenvalue weighted by Gasteiger charge is 2.21. The molecule has 0 atom stereocenters. The van der Waals surface area contributed by atoms with Crippen molar-refractivity contribution in [2.24, 2.45) is 0 Å². The molecule has 3 heterocycles. The highest BCUT2D eigenvalue weighted by Crippen LogP contribution is 2.28. The van der Waals surface area contributed by atoms with Crippen molar-refractivity contribution in [3.8, 4) is 0 Å². The second-order valence-corrected chi connectivity index (χ2v) is 6.41. The van der Waals surface area contributed by atoms with Crippen molar-refractivity contribution in [3.63, 3.8) is 0 Å². The van der Waals surface area contributed by atoms with E-state index in [1.807, 2.05) is 6.92 Å². The minimum Gasteiger partial charge on any atom is -0.356 e. The first-order chi connectivity index (χ1) is 12.2. The van der Waals surface area contributed by atoms with E-state index < -0.39 is 0 Å². The molecule has 25 heavy (non-hydrogen) atoms. The maximum atomic E-state index is 11.8. The minimum absolute atomic E-state index is 0.0336. The molecule has 1 fully saturated rings. The minimum atomic E-state index is -0.0336. The van der Waals surface area contributed by atoms with E-state index in [9.17, 15) is 4.79 Å². The fourth-order valence-corrected chi connectivity index (χ4v) is 3.13. The molecule has 0 aliphatic carbocycles. The van der Waals surface area contributed by atoms with Crippen LogP contribution in [0.5, 0.6) is 0 Å². The zero-order chi connectivity index (χ0) is 17.6. The highest BCUT2D eigenvalue weighted by atomic mass is 16.5. The number of fused-ring (bicyclic) bond motifs is 1. The van der Waals surface area contributed by atoms with E-state index in [0.29, 0.717) is 30.9 Å². The van der Waals surface area contributed by atoms with Gasteiger partial charge in [0, 0.05) is 32.5 Å². The lowest BCUT2D eigenvalue weighted by Crippen LogP contribution is -2.26. The summed E-state index contributed by atoms with van der Waals surface area (Å²) in [5.74, 6) is 1.48. The summed E-state index contributed by atoms with van der Waals surface area (Å²) in [4.78, 5) is 23.3. The van der Waals surface area contributed by atoms with E-state index in [1.54, 1.807) is 6.08 Å². The van der Waals surface area contributed by atoms with Gasteiger partial charge in [0.05, 0.1) is 5.69 Å². The van der Waals surface area contributed by atoms with Gasteiger partial charge < -0.3 is 14.7 Å². The fourth-order valence-electron chi connectivity index (χ4n) is 3.13. The number of carbonyl (C=O) groups excluding carboxylic acids is 1. The summed E-state index contributed by atoms with van der Waals surface area (Å²) in [5, 5.41) is 7.72. The number of aryl methyl sites for hydroxylation is 2. The van der Waals surface area contributed by atoms with Gasteiger partial charge in [-0.05, 0) is 19.8 Å². The van der Waals surface area contributed by atoms with Crippen molar-refractivity contribution < 1.29 is 9.32 Å². The Morgan fingerprint density at radius 1 is 1.28 bits per heavy atom. The predicted octanol–water partition coefficient (Wildman–Crippen LogP) is 2.54. The first kappa shape index (κ1) is 17.4. The second kappa shape index (κ2) is 8.09. The molecule has 0 aromatic carbocycles. The summed E-state index contributed by atoms with van der Waals surface area (Å²) >= 11 is 0. The third-order valence-corrected chi connectivity index (χ3v) is 4.46. The van der Waals surface area contributed by atoms with E-state index in [-0.39, 0.29) is 5.91 Å². The van der Waals surface area contributed by atoms with Crippen LogP contribution in [0.1, 0.15) is 43.6 Å². The Kier molecular flexibility index (Phi) is 5.63. The lowest BCUT2D eigenvalue weighted by molar-refractivity contribution is -0.120. The number of anilines is 1. The Bertz CT molecular complexity index is 747. The quantitative estimate of drug-likeness (QED) is 0.812. The largest absolute Gasteiger partial charge is 0.356 e. The van der Waals surface area contributed by atoms with Crippen LogP contribution in [-0.4, -0.2) is 40.7 Å². The summed E-state index contributed by atoms with van der Waals surface area (Å²) < 4.78 is 5.38. The maximum Gasteiger partial charge on any atom is 0.263 e. The zero-order valence-corrected chi connectivity index (χ0v) is 14.8. The average molecular weight is 343 g/mol. The lowest BCUT2D eigenvalue weighted by atomic mass is 10.2. The molecular weight excluding hydrogens is 318 g/mol. The number of rotatable bonds is 6. The van der Waals surface area contributed by atoms with E-state index >= 15 is 0 Å². The van der Waals surface area contributed by atoms with Crippen LogP contribution in [0.2, 0.25) is 0 Å². The van der Waals surface area contributed by atoms with Crippen LogP contribution in [0.15, 0.2) is 17.2 Å². The molecule has 0 bridgehead atoms. The first-order valence-electron chi connectivity index (χ1n) is 8.94. The van der Waals surface area contributed by atoms with Crippen LogP contribution >= 0.6 is 0 Å². The molecule has 0 spiro atoms. The average Bonchev–Trinajstić information content (AvgIpc) is 2.84. The Balaban J connectivity index is 1.84. The van der Waals surface area contributed by atoms with Crippen molar-refractivity contribution in [2.75, 3.05) is 24.5 Å². The van der Waals surface area contributed by atoms with E-state index in [4.69, 9.17) is 9.51 Å². The van der Waals surface area contributed by atoms with Gasteiger partial charge in [0.15, 0.2) is 0 Å². The third kappa shape index (κ3) is 4.15. The second-order valence-electron chi connectivity index (χ2n) is 6.41. The SMILES string of the molecule is C=CCNC(=O)CCc1nc(N2CCCCCC2)c2c(C)noc2n1. The molecule has 1 saturated heterocycles. The van der Waals surface area contributed by atoms with Crippen LogP contribution in [0.4, 0.5) is 5.82 Å². The summed E-state index contributed by atoms with van der Waals surface area (Å²) in [5.41, 5.74) is 1.32. The number of nitrogens with zero attached hydrogens (tertiary/aromatic N) is 4. The summed E-state index contributed by atoms with van der Waals surface area (Å²) in [7, 11) is 0. The topological polar surface area (TPSA) is 84.2 Å². The van der Waals surface area contributed by atoms with Crippen LogP contribution < -0.4 is 10.2 Å². The standard InChI is InChI=1S/C18H25N5O2/c1-3-10-19-15(24)9-8-14-20-17(23-11-6-4-5-7-12-23)16-13(2)22-25-18(16)21-14/h3H,1,4-12H2,2H3,(H,19,24). The normalized spacial score (nSPS) is 15.2. The molecule has 3 rings (SSSR count). The molecule has 1 amide bonds. The van der Waals surface area contributed by atoms with Gasteiger partial charge in [-0.15, -0.1) is 6.58 Å². The van der Waals surface area contributed by atoms with Gasteiger partial charge in [-0.2, -0.15) is 4.98 Å². The number of nitrogens with one attached hydrogen (secondary N) is 1. The number of hydrogen-bond acceptors (Lipinski definition) is 6. The Morgan fingerprint density at radius 3 is 2.76 bits per heavy atom. The van der Waals surface area contributed by atoms with E-state index in [1.165, 1.54) is 12.8 Å². The van der Waals surface area contributed by atoms with Gasteiger partial charge in [0.1, 0.15) is 17.0 Å². The van der Waals surface area contributed by atoms with Crippen LogP contribution in [-0.2, 0) is 11.2 Å². The van der Waals surface area contributed by atoms with Gasteiger partial charge in [-0.1, -0.05) is 24.1 Å². The molecule has 1 aliphatic rings. The third-order valence-electron chi connectivity index (χ3n) is 4.46. The Labute approximate surface area is 147 Å². The number of aromatic nitrogens is 3. The van der Waals surface area contributed by atoms with Gasteiger partial charge in [0.2, 0.25) is 5.91 Å². The summed E-state index contributed by atoms with van der Waals surface area (Å²) in [6.07, 6.45) is 7.30. The predicted molar refractivity (Wildman–Crippen MR) is 96.5 cm³/mol. The fraction of sp³-hybridized carbons (Fsp3) is 0.556. The highest BCUT2D eigenvalue weighted by molar-refractivity contribution is 5.88. The molecule has 0 saturated carbocycles. The van der Waals surface area contributed by atoms with Crippen LogP contribution in [0.3, 0.4) is 0 Å². The monoisotopic (exact) mass is 343 g/mol. The first-order valence-corrected chi connectivity index (χ1v) is 8.94. The summed E-state index contributed by atoms with van der Waals surface area (Å²) in [6.45, 7) is 7.95. The molecule has 7 heteroatoms. The number of carbonyl (C=O) groups is 1. The molecule has 1 aliphatic heterocycles. The molecule has 134 valence electrons. The van der Waals surface area contributed by atoms with Gasteiger partial charge in [0.25, 0.3) is 5.71 Å². The number of amides is 1. The molecule has 2 aromatic heterocycles. The van der Waals surface area contributed by atoms with Gasteiger partial charge >= 0.3 is 0 Å². The van der Waals surface area contributed by atoms with Gasteiger partial charge in [-0.25, -0.2) is 4.98 Å². The Hall–Kier alpha value is -2.44. The van der Waals surface area contributed by atoms with Crippen molar-refractivity contribution >= 4 is 22.8 Å². The van der Waals surface area contributed by atoms with Crippen LogP contribution in [0, 0.1) is 6.92 Å². The van der Waals surface area contributed by atoms with Crippen molar-refractivity contribution in [3.05, 3.63) is 24.2 Å². The maximum absolute atomic E-state index is 11.8. The van der Waals surface area contributed by atoms with Crippen molar-refractivity contribution in [1.82, 2.24) is 20.4 Å².